The van der Waals surface area contributed by atoms with E-state index in [0.29, 0.717) is 17.8 Å². The summed E-state index contributed by atoms with van der Waals surface area (Å²) in [7, 11) is 0. The number of nitrogens with zero attached hydrogens (tertiary/aromatic N) is 2. The third-order valence-corrected chi connectivity index (χ3v) is 4.78. The maximum Gasteiger partial charge on any atom is 0.0407 e. The van der Waals surface area contributed by atoms with Crippen LogP contribution < -0.4 is 0 Å². The highest BCUT2D eigenvalue weighted by Gasteiger charge is 2.04. The third-order valence-electron chi connectivity index (χ3n) is 4.78. The highest BCUT2D eigenvalue weighted by molar-refractivity contribution is 5.99. The highest BCUT2D eigenvalue weighted by atomic mass is 14.7. The summed E-state index contributed by atoms with van der Waals surface area (Å²) in [6, 6.07) is 0. The van der Waals surface area contributed by atoms with Crippen molar-refractivity contribution in [3.63, 3.8) is 0 Å². The number of hydrogen-bond acceptors (Lipinski definition) is 2. The van der Waals surface area contributed by atoms with Crippen molar-refractivity contribution in [2.45, 2.75) is 82.6 Å². The first-order valence-corrected chi connectivity index (χ1v) is 11.7. The summed E-state index contributed by atoms with van der Waals surface area (Å²) >= 11 is 0. The minimum atomic E-state index is 0.514. The Labute approximate surface area is 194 Å². The molecule has 0 aliphatic heterocycles. The molecule has 0 saturated heterocycles. The van der Waals surface area contributed by atoms with Crippen molar-refractivity contribution in [1.29, 1.82) is 0 Å². The van der Waals surface area contributed by atoms with Crippen molar-refractivity contribution in [2.24, 2.45) is 27.7 Å². The van der Waals surface area contributed by atoms with Gasteiger partial charge in [0.1, 0.15) is 0 Å². The first-order chi connectivity index (χ1) is 14.6. The maximum atomic E-state index is 4.40. The molecular formula is C29H48N2. The Hall–Kier alpha value is -2.22. The van der Waals surface area contributed by atoms with E-state index in [1.165, 1.54) is 11.1 Å². The molecule has 2 nitrogen and oxygen atoms in total. The molecule has 0 fully saturated rings. The largest absolute Gasteiger partial charge is 0.262 e. The molecule has 174 valence electrons. The van der Waals surface area contributed by atoms with Crippen LogP contribution in [0.1, 0.15) is 82.6 Å². The number of aliphatic imine (C=N–C) groups is 2. The van der Waals surface area contributed by atoms with E-state index in [1.54, 1.807) is 0 Å². The zero-order valence-corrected chi connectivity index (χ0v) is 22.1. The van der Waals surface area contributed by atoms with E-state index in [1.807, 2.05) is 45.3 Å². The lowest BCUT2D eigenvalue weighted by Gasteiger charge is -2.09. The van der Waals surface area contributed by atoms with E-state index in [2.05, 4.69) is 102 Å². The summed E-state index contributed by atoms with van der Waals surface area (Å²) in [4.78, 5) is 8.75. The molecule has 0 heterocycles. The zero-order chi connectivity index (χ0) is 24.2. The number of hydrogen-bond donors (Lipinski definition) is 0. The first-order valence-electron chi connectivity index (χ1n) is 11.7. The van der Waals surface area contributed by atoms with Crippen molar-refractivity contribution < 1.29 is 0 Å². The van der Waals surface area contributed by atoms with Gasteiger partial charge in [-0.1, -0.05) is 90.5 Å². The Balaban J connectivity index is 0. The molecule has 31 heavy (non-hydrogen) atoms. The summed E-state index contributed by atoms with van der Waals surface area (Å²) in [6.45, 7) is 23.3. The molecule has 0 amide bonds. The minimum absolute atomic E-state index is 0.514. The van der Waals surface area contributed by atoms with Crippen LogP contribution in [-0.4, -0.2) is 11.4 Å². The monoisotopic (exact) mass is 424 g/mol. The van der Waals surface area contributed by atoms with Gasteiger partial charge in [-0.15, -0.1) is 0 Å². The van der Waals surface area contributed by atoms with Crippen LogP contribution >= 0.6 is 0 Å². The zero-order valence-electron chi connectivity index (χ0n) is 22.1. The molecule has 0 aliphatic rings. The van der Waals surface area contributed by atoms with E-state index < -0.39 is 0 Å². The van der Waals surface area contributed by atoms with Crippen LogP contribution in [-0.2, 0) is 0 Å². The van der Waals surface area contributed by atoms with E-state index in [0.717, 1.165) is 17.8 Å². The fraction of sp³-hybridized carbons (Fsp3) is 0.517. The summed E-state index contributed by atoms with van der Waals surface area (Å²) < 4.78 is 0. The van der Waals surface area contributed by atoms with Crippen molar-refractivity contribution >= 4 is 11.4 Å². The lowest BCUT2D eigenvalue weighted by molar-refractivity contribution is 0.697. The summed E-state index contributed by atoms with van der Waals surface area (Å²) in [6.07, 6.45) is 21.6. The molecule has 1 atom stereocenters. The number of rotatable bonds is 10. The van der Waals surface area contributed by atoms with Gasteiger partial charge in [0.15, 0.2) is 0 Å². The predicted octanol–water partition coefficient (Wildman–Crippen LogP) is 9.31. The highest BCUT2D eigenvalue weighted by Crippen LogP contribution is 2.12. The SMILES string of the molecule is C\C=C(/C=C\C(C)=N/C=C\[C@H](C)CC)C(C)C.C\C=C/C=C(\C(C)=N\C=C/C)C(C)C. The quantitative estimate of drug-likeness (QED) is 0.246. The summed E-state index contributed by atoms with van der Waals surface area (Å²) in [5.41, 5.74) is 4.78. The minimum Gasteiger partial charge on any atom is -0.262 e. The molecule has 0 spiro atoms. The molecule has 0 unspecified atom stereocenters. The Morgan fingerprint density at radius 1 is 0.806 bits per heavy atom. The fourth-order valence-electron chi connectivity index (χ4n) is 2.52. The van der Waals surface area contributed by atoms with Crippen molar-refractivity contribution in [2.75, 3.05) is 0 Å². The van der Waals surface area contributed by atoms with Gasteiger partial charge >= 0.3 is 0 Å². The van der Waals surface area contributed by atoms with Gasteiger partial charge in [-0.2, -0.15) is 0 Å². The van der Waals surface area contributed by atoms with Crippen LogP contribution in [0.5, 0.6) is 0 Å². The van der Waals surface area contributed by atoms with Crippen LogP contribution in [0.25, 0.3) is 0 Å². The van der Waals surface area contributed by atoms with Gasteiger partial charge in [0, 0.05) is 23.8 Å². The van der Waals surface area contributed by atoms with Crippen LogP contribution in [0.3, 0.4) is 0 Å². The molecule has 0 aromatic carbocycles. The smallest absolute Gasteiger partial charge is 0.0407 e. The Morgan fingerprint density at radius 2 is 1.45 bits per heavy atom. The molecule has 0 saturated carbocycles. The van der Waals surface area contributed by atoms with Crippen LogP contribution in [0.4, 0.5) is 0 Å². The van der Waals surface area contributed by atoms with Gasteiger partial charge < -0.3 is 0 Å². The molecule has 0 rings (SSSR count). The molecule has 2 heteroatoms. The van der Waals surface area contributed by atoms with Crippen LogP contribution in [0, 0.1) is 17.8 Å². The molecular weight excluding hydrogens is 376 g/mol. The van der Waals surface area contributed by atoms with E-state index in [-0.39, 0.29) is 0 Å². The van der Waals surface area contributed by atoms with Crippen molar-refractivity contribution in [3.8, 4) is 0 Å². The average Bonchev–Trinajstić information content (AvgIpc) is 2.72. The van der Waals surface area contributed by atoms with Crippen molar-refractivity contribution in [3.05, 3.63) is 72.2 Å². The second kappa shape index (κ2) is 19.7. The molecule has 0 N–H and O–H groups in total. The molecule has 0 aromatic rings. The Bertz CT molecular complexity index is 705. The van der Waals surface area contributed by atoms with Gasteiger partial charge in [0.05, 0.1) is 0 Å². The standard InChI is InChI=1S/C16H27N.C13H21N/c1-7-14(5)11-12-17-15(6)9-10-16(8-2)13(3)4;1-6-8-9-13(11(3)4)12(5)14-10-7-2/h8-14H,7H2,1-6H3;6-11H,1-5H3/b10-9-,12-11-,16-8+,17-15-;8-6-,10-7-,13-9-,14-12+/t14-;/m1./s1. The maximum absolute atomic E-state index is 4.40. The number of allylic oxidation sites excluding steroid dienone is 10. The lowest BCUT2D eigenvalue weighted by Crippen LogP contribution is -2.03. The average molecular weight is 425 g/mol. The molecule has 0 aliphatic carbocycles. The second-order valence-electron chi connectivity index (χ2n) is 8.27. The van der Waals surface area contributed by atoms with E-state index in [9.17, 15) is 0 Å². The molecule has 0 aromatic heterocycles. The van der Waals surface area contributed by atoms with Gasteiger partial charge in [0.25, 0.3) is 0 Å². The van der Waals surface area contributed by atoms with Crippen molar-refractivity contribution in [1.82, 2.24) is 0 Å². The molecule has 0 bridgehead atoms. The van der Waals surface area contributed by atoms with E-state index >= 15 is 0 Å². The van der Waals surface area contributed by atoms with E-state index in [4.69, 9.17) is 0 Å². The predicted molar refractivity (Wildman–Crippen MR) is 145 cm³/mol. The van der Waals surface area contributed by atoms with Gasteiger partial charge in [-0.3, -0.25) is 9.98 Å². The molecule has 0 radical (unpaired) electrons. The summed E-state index contributed by atoms with van der Waals surface area (Å²) in [5, 5.41) is 0. The van der Waals surface area contributed by atoms with Gasteiger partial charge in [-0.05, 0) is 69.6 Å². The Kier molecular flexibility index (Phi) is 19.7. The summed E-state index contributed by atoms with van der Waals surface area (Å²) in [5.74, 6) is 1.69. The Morgan fingerprint density at radius 3 is 1.90 bits per heavy atom. The normalized spacial score (nSPS) is 15.8. The van der Waals surface area contributed by atoms with Gasteiger partial charge in [-0.25, -0.2) is 0 Å². The lowest BCUT2D eigenvalue weighted by atomic mass is 9.98. The topological polar surface area (TPSA) is 24.7 Å². The van der Waals surface area contributed by atoms with Crippen LogP contribution in [0.2, 0.25) is 0 Å². The third kappa shape index (κ3) is 17.2. The fourth-order valence-corrected chi connectivity index (χ4v) is 2.52. The van der Waals surface area contributed by atoms with Crippen LogP contribution in [0.15, 0.2) is 82.1 Å². The second-order valence-corrected chi connectivity index (χ2v) is 8.27. The first kappa shape index (κ1) is 31.0. The van der Waals surface area contributed by atoms with Gasteiger partial charge in [0.2, 0.25) is 0 Å².